The Bertz CT molecular complexity index is 939. The smallest absolute Gasteiger partial charge is 0.270 e. The highest BCUT2D eigenvalue weighted by atomic mass is 16.6. The minimum absolute atomic E-state index is 0.0840. The highest BCUT2D eigenvalue weighted by Gasteiger charge is 2.23. The molecule has 3 N–H and O–H groups in total. The lowest BCUT2D eigenvalue weighted by Gasteiger charge is -2.09. The number of nitrogens with zero attached hydrogens (tertiary/aromatic N) is 1. The first-order valence-electron chi connectivity index (χ1n) is 8.66. The van der Waals surface area contributed by atoms with E-state index in [2.05, 4.69) is 16.0 Å². The Kier molecular flexibility index (Phi) is 5.64. The molecule has 0 saturated heterocycles. The van der Waals surface area contributed by atoms with Gasteiger partial charge in [0.05, 0.1) is 11.5 Å². The van der Waals surface area contributed by atoms with Crippen molar-refractivity contribution >= 4 is 29.1 Å². The van der Waals surface area contributed by atoms with Crippen molar-refractivity contribution in [1.29, 1.82) is 0 Å². The first kappa shape index (κ1) is 19.0. The van der Waals surface area contributed by atoms with Crippen molar-refractivity contribution in [2.24, 2.45) is 0 Å². The fraction of sp³-hybridized carbons (Fsp3) is 0.211. The Labute approximate surface area is 160 Å². The van der Waals surface area contributed by atoms with E-state index >= 15 is 0 Å². The maximum atomic E-state index is 12.1. The van der Waals surface area contributed by atoms with Crippen LogP contribution in [0.1, 0.15) is 33.6 Å². The van der Waals surface area contributed by atoms with Crippen LogP contribution in [0.15, 0.2) is 48.5 Å². The third-order valence-electron chi connectivity index (χ3n) is 4.05. The predicted molar refractivity (Wildman–Crippen MR) is 101 cm³/mol. The van der Waals surface area contributed by atoms with Crippen LogP contribution in [0.4, 0.5) is 11.4 Å². The van der Waals surface area contributed by atoms with E-state index in [1.807, 2.05) is 0 Å². The summed E-state index contributed by atoms with van der Waals surface area (Å²) in [5, 5.41) is 18.6. The summed E-state index contributed by atoms with van der Waals surface area (Å²) in [6.07, 6.45) is 1.96. The van der Waals surface area contributed by atoms with Gasteiger partial charge in [0.1, 0.15) is 0 Å². The molecule has 3 rings (SSSR count). The van der Waals surface area contributed by atoms with Gasteiger partial charge >= 0.3 is 0 Å². The summed E-state index contributed by atoms with van der Waals surface area (Å²) in [4.78, 5) is 46.3. The van der Waals surface area contributed by atoms with Gasteiger partial charge in [0.2, 0.25) is 5.91 Å². The molecular formula is C19H18N4O5. The molecule has 28 heavy (non-hydrogen) atoms. The normalized spacial score (nSPS) is 12.7. The highest BCUT2D eigenvalue weighted by molar-refractivity contribution is 6.00. The molecule has 0 spiro atoms. The van der Waals surface area contributed by atoms with Crippen molar-refractivity contribution in [1.82, 2.24) is 10.6 Å². The predicted octanol–water partition coefficient (Wildman–Crippen LogP) is 1.86. The van der Waals surface area contributed by atoms with Crippen LogP contribution in [-0.2, 0) is 4.79 Å². The molecule has 0 unspecified atom stereocenters. The average molecular weight is 382 g/mol. The number of nitro groups is 1. The summed E-state index contributed by atoms with van der Waals surface area (Å²) in [6.45, 7) is -0.319. The van der Waals surface area contributed by atoms with Crippen LogP contribution >= 0.6 is 0 Å². The van der Waals surface area contributed by atoms with Gasteiger partial charge in [-0.1, -0.05) is 12.1 Å². The molecule has 9 heteroatoms. The molecule has 9 nitrogen and oxygen atoms in total. The minimum Gasteiger partial charge on any atom is -0.349 e. The van der Waals surface area contributed by atoms with Crippen LogP contribution in [0.25, 0.3) is 0 Å². The number of anilines is 1. The molecule has 0 heterocycles. The molecule has 0 aliphatic heterocycles. The van der Waals surface area contributed by atoms with Gasteiger partial charge in [-0.3, -0.25) is 24.5 Å². The molecule has 1 fully saturated rings. The molecule has 1 aliphatic rings. The number of carbonyl (C=O) groups excluding carboxylic acids is 3. The van der Waals surface area contributed by atoms with E-state index in [9.17, 15) is 24.5 Å². The second kappa shape index (κ2) is 8.30. The van der Waals surface area contributed by atoms with Crippen molar-refractivity contribution in [2.45, 2.75) is 18.9 Å². The van der Waals surface area contributed by atoms with E-state index < -0.39 is 16.7 Å². The first-order chi connectivity index (χ1) is 13.4. The third-order valence-corrected chi connectivity index (χ3v) is 4.05. The SMILES string of the molecule is O=C(CNC(=O)c1cccc([N+](=O)[O-])c1)Nc1cccc(C(=O)NC2CC2)c1. The number of benzene rings is 2. The van der Waals surface area contributed by atoms with Gasteiger partial charge < -0.3 is 16.0 Å². The molecule has 0 bridgehead atoms. The Morgan fingerprint density at radius 3 is 2.36 bits per heavy atom. The maximum Gasteiger partial charge on any atom is 0.270 e. The number of nitrogens with one attached hydrogen (secondary N) is 3. The maximum absolute atomic E-state index is 12.1. The van der Waals surface area contributed by atoms with Gasteiger partial charge in [-0.2, -0.15) is 0 Å². The zero-order chi connectivity index (χ0) is 20.1. The molecule has 2 aromatic carbocycles. The van der Waals surface area contributed by atoms with E-state index in [0.29, 0.717) is 11.3 Å². The summed E-state index contributed by atoms with van der Waals surface area (Å²) in [6, 6.07) is 11.9. The van der Waals surface area contributed by atoms with Gasteiger partial charge in [0.15, 0.2) is 0 Å². The first-order valence-corrected chi connectivity index (χ1v) is 8.66. The molecule has 3 amide bonds. The number of non-ortho nitro benzene ring substituents is 1. The standard InChI is InChI=1S/C19H18N4O5/c24-17(11-20-18(25)13-4-2-6-16(10-13)23(27)28)21-15-5-1-3-12(9-15)19(26)22-14-7-8-14/h1-6,9-10,14H,7-8,11H2,(H,20,25)(H,21,24)(H,22,26). The second-order valence-corrected chi connectivity index (χ2v) is 6.37. The lowest BCUT2D eigenvalue weighted by atomic mass is 10.2. The molecule has 0 radical (unpaired) electrons. The molecule has 1 saturated carbocycles. The summed E-state index contributed by atoms with van der Waals surface area (Å²) in [5.74, 6) is -1.28. The Balaban J connectivity index is 1.54. The van der Waals surface area contributed by atoms with Crippen LogP contribution in [0, 0.1) is 10.1 Å². The highest BCUT2D eigenvalue weighted by Crippen LogP contribution is 2.20. The van der Waals surface area contributed by atoms with Crippen molar-refractivity contribution in [3.8, 4) is 0 Å². The van der Waals surface area contributed by atoms with Crippen molar-refractivity contribution in [2.75, 3.05) is 11.9 Å². The van der Waals surface area contributed by atoms with Crippen LogP contribution < -0.4 is 16.0 Å². The van der Waals surface area contributed by atoms with Gasteiger partial charge in [-0.25, -0.2) is 0 Å². The Morgan fingerprint density at radius 1 is 1.00 bits per heavy atom. The fourth-order valence-electron chi connectivity index (χ4n) is 2.46. The second-order valence-electron chi connectivity index (χ2n) is 6.37. The van der Waals surface area contributed by atoms with E-state index in [0.717, 1.165) is 18.9 Å². The van der Waals surface area contributed by atoms with E-state index in [1.54, 1.807) is 24.3 Å². The minimum atomic E-state index is -0.601. The molecular weight excluding hydrogens is 364 g/mol. The van der Waals surface area contributed by atoms with E-state index in [1.165, 1.54) is 18.2 Å². The number of carbonyl (C=O) groups is 3. The van der Waals surface area contributed by atoms with Gasteiger partial charge in [-0.15, -0.1) is 0 Å². The zero-order valence-corrected chi connectivity index (χ0v) is 14.8. The largest absolute Gasteiger partial charge is 0.349 e. The number of amides is 3. The molecule has 1 aliphatic carbocycles. The Morgan fingerprint density at radius 2 is 1.68 bits per heavy atom. The van der Waals surface area contributed by atoms with Gasteiger partial charge in [-0.05, 0) is 37.1 Å². The van der Waals surface area contributed by atoms with Crippen LogP contribution in [0.2, 0.25) is 0 Å². The molecule has 144 valence electrons. The molecule has 2 aromatic rings. The molecule has 0 atom stereocenters. The summed E-state index contributed by atoms with van der Waals surface area (Å²) in [7, 11) is 0. The quantitative estimate of drug-likeness (QED) is 0.497. The van der Waals surface area contributed by atoms with Gasteiger partial charge in [0, 0.05) is 35.0 Å². The number of nitro benzene ring substituents is 1. The zero-order valence-electron chi connectivity index (χ0n) is 14.8. The lowest BCUT2D eigenvalue weighted by Crippen LogP contribution is -2.33. The van der Waals surface area contributed by atoms with Crippen LogP contribution in [0.3, 0.4) is 0 Å². The average Bonchev–Trinajstić information content (AvgIpc) is 3.50. The monoisotopic (exact) mass is 382 g/mol. The van der Waals surface area contributed by atoms with Crippen molar-refractivity contribution in [3.05, 3.63) is 69.8 Å². The number of hydrogen-bond donors (Lipinski definition) is 3. The van der Waals surface area contributed by atoms with E-state index in [4.69, 9.17) is 0 Å². The lowest BCUT2D eigenvalue weighted by molar-refractivity contribution is -0.384. The van der Waals surface area contributed by atoms with E-state index in [-0.39, 0.29) is 29.7 Å². The van der Waals surface area contributed by atoms with Crippen molar-refractivity contribution in [3.63, 3.8) is 0 Å². The Hall–Kier alpha value is -3.75. The summed E-state index contributed by atoms with van der Waals surface area (Å²) >= 11 is 0. The summed E-state index contributed by atoms with van der Waals surface area (Å²) in [5.41, 5.74) is 0.738. The third kappa shape index (κ3) is 5.13. The topological polar surface area (TPSA) is 130 Å². The van der Waals surface area contributed by atoms with Crippen molar-refractivity contribution < 1.29 is 19.3 Å². The fourth-order valence-corrected chi connectivity index (χ4v) is 2.46. The van der Waals surface area contributed by atoms with Crippen LogP contribution in [0.5, 0.6) is 0 Å². The van der Waals surface area contributed by atoms with Crippen LogP contribution in [-0.4, -0.2) is 35.2 Å². The molecule has 0 aromatic heterocycles. The summed E-state index contributed by atoms with van der Waals surface area (Å²) < 4.78 is 0. The van der Waals surface area contributed by atoms with Gasteiger partial charge in [0.25, 0.3) is 17.5 Å². The number of rotatable bonds is 7. The number of hydrogen-bond acceptors (Lipinski definition) is 5.